The molecule has 0 N–H and O–H groups in total. The summed E-state index contributed by atoms with van der Waals surface area (Å²) in [5.74, 6) is 0.862. The van der Waals surface area contributed by atoms with E-state index in [1.54, 1.807) is 26.4 Å². The van der Waals surface area contributed by atoms with Gasteiger partial charge in [0.1, 0.15) is 0 Å². The Bertz CT molecular complexity index is 908. The van der Waals surface area contributed by atoms with E-state index in [0.717, 1.165) is 16.7 Å². The maximum Gasteiger partial charge on any atom is 0.337 e. The summed E-state index contributed by atoms with van der Waals surface area (Å²) in [7, 11) is 4.52. The average Bonchev–Trinajstić information content (AvgIpc) is 2.78. The molecule has 0 heterocycles. The van der Waals surface area contributed by atoms with Gasteiger partial charge in [0, 0.05) is 19.8 Å². The molecule has 0 saturated heterocycles. The van der Waals surface area contributed by atoms with Crippen LogP contribution in [-0.4, -0.2) is 40.9 Å². The van der Waals surface area contributed by atoms with E-state index in [9.17, 15) is 4.79 Å². The molecule has 0 aliphatic heterocycles. The van der Waals surface area contributed by atoms with Crippen molar-refractivity contribution in [1.82, 2.24) is 0 Å². The minimum atomic E-state index is -0.356. The van der Waals surface area contributed by atoms with E-state index in [4.69, 9.17) is 23.7 Å². The van der Waals surface area contributed by atoms with Crippen LogP contribution in [0.2, 0.25) is 0 Å². The Balaban J connectivity index is 2.38. The van der Waals surface area contributed by atoms with Crippen molar-refractivity contribution in [2.45, 2.75) is 20.3 Å². The Hall–Kier alpha value is -3.09. The molecule has 6 nitrogen and oxygen atoms in total. The number of carbonyl (C=O) groups excluding carboxylic acids is 1. The quantitative estimate of drug-likeness (QED) is 0.215. The Kier molecular flexibility index (Phi) is 9.81. The molecule has 0 amide bonds. The van der Waals surface area contributed by atoms with Gasteiger partial charge in [0.2, 0.25) is 0 Å². The molecule has 2 aromatic carbocycles. The maximum atomic E-state index is 11.6. The molecule has 0 aliphatic rings. The molecule has 0 atom stereocenters. The van der Waals surface area contributed by atoms with E-state index in [2.05, 4.69) is 26.0 Å². The van der Waals surface area contributed by atoms with Crippen molar-refractivity contribution in [3.63, 3.8) is 0 Å². The second-order valence-corrected chi connectivity index (χ2v) is 7.04. The summed E-state index contributed by atoms with van der Waals surface area (Å²) in [6.45, 7) is 4.33. The molecule has 0 saturated carbocycles. The molecule has 2 aromatic rings. The van der Waals surface area contributed by atoms with E-state index >= 15 is 0 Å². The van der Waals surface area contributed by atoms with E-state index in [1.807, 2.05) is 30.4 Å². The van der Waals surface area contributed by atoms with Crippen molar-refractivity contribution >= 4 is 18.1 Å². The Labute approximate surface area is 184 Å². The first-order chi connectivity index (χ1) is 15.0. The van der Waals surface area contributed by atoms with Crippen LogP contribution in [0.15, 0.2) is 48.0 Å². The smallest absolute Gasteiger partial charge is 0.337 e. The number of methoxy groups -OCH3 is 3. The molecule has 6 heteroatoms. The summed E-state index contributed by atoms with van der Waals surface area (Å²) in [5.41, 5.74) is 4.61. The first-order valence-corrected chi connectivity index (χ1v) is 9.88. The summed E-state index contributed by atoms with van der Waals surface area (Å²) in [6.07, 6.45) is 6.78. The predicted molar refractivity (Wildman–Crippen MR) is 121 cm³/mol. The number of ether oxygens (including phenoxy) is 5. The summed E-state index contributed by atoms with van der Waals surface area (Å²) in [6, 6.07) is 11.2. The zero-order valence-corrected chi connectivity index (χ0v) is 18.8. The highest BCUT2D eigenvalue weighted by Crippen LogP contribution is 2.35. The van der Waals surface area contributed by atoms with Gasteiger partial charge < -0.3 is 23.7 Å². The number of rotatable bonds is 11. The zero-order valence-electron chi connectivity index (χ0n) is 18.8. The van der Waals surface area contributed by atoms with E-state index in [0.29, 0.717) is 23.5 Å². The SMILES string of the molecule is COCOc1cc(C=Cc2ccc(C(=O)OC)cc2)cc(CC=C(C)C)c1OCOC. The lowest BCUT2D eigenvalue weighted by Gasteiger charge is -2.16. The fourth-order valence-corrected chi connectivity index (χ4v) is 2.80. The summed E-state index contributed by atoms with van der Waals surface area (Å²) < 4.78 is 26.5. The topological polar surface area (TPSA) is 63.2 Å². The third-order valence-electron chi connectivity index (χ3n) is 4.34. The van der Waals surface area contributed by atoms with Crippen molar-refractivity contribution in [3.8, 4) is 11.5 Å². The van der Waals surface area contributed by atoms with Crippen molar-refractivity contribution in [1.29, 1.82) is 0 Å². The molecule has 0 aromatic heterocycles. The van der Waals surface area contributed by atoms with Crippen LogP contribution >= 0.6 is 0 Å². The third kappa shape index (κ3) is 7.59. The number of benzene rings is 2. The standard InChI is InChI=1S/C25H30O6/c1-18(2)6-11-22-14-20(15-23(30-16-27-3)24(22)31-17-28-4)8-7-19-9-12-21(13-10-19)25(26)29-5/h6-10,12-15H,11,16-17H2,1-5H3. The van der Waals surface area contributed by atoms with Gasteiger partial charge in [0.25, 0.3) is 0 Å². The van der Waals surface area contributed by atoms with Crippen LogP contribution in [0, 0.1) is 0 Å². The van der Waals surface area contributed by atoms with Crippen molar-refractivity contribution in [2.75, 3.05) is 34.9 Å². The number of hydrogen-bond donors (Lipinski definition) is 0. The zero-order chi connectivity index (χ0) is 22.6. The van der Waals surface area contributed by atoms with Gasteiger partial charge in [-0.3, -0.25) is 0 Å². The lowest BCUT2D eigenvalue weighted by molar-refractivity contribution is 0.0318. The van der Waals surface area contributed by atoms with Crippen molar-refractivity contribution in [2.24, 2.45) is 0 Å². The minimum absolute atomic E-state index is 0.105. The van der Waals surface area contributed by atoms with E-state index in [-0.39, 0.29) is 19.6 Å². The Morgan fingerprint density at radius 3 is 2.13 bits per heavy atom. The van der Waals surface area contributed by atoms with Crippen molar-refractivity contribution in [3.05, 3.63) is 70.3 Å². The summed E-state index contributed by atoms with van der Waals surface area (Å²) in [5, 5.41) is 0. The lowest BCUT2D eigenvalue weighted by Crippen LogP contribution is -2.07. The van der Waals surface area contributed by atoms with Gasteiger partial charge in [-0.2, -0.15) is 0 Å². The molecule has 166 valence electrons. The second-order valence-electron chi connectivity index (χ2n) is 7.04. The molecule has 0 bridgehead atoms. The molecular formula is C25H30O6. The van der Waals surface area contributed by atoms with E-state index in [1.165, 1.54) is 12.7 Å². The molecule has 0 spiro atoms. The molecule has 2 rings (SSSR count). The molecular weight excluding hydrogens is 396 g/mol. The fraction of sp³-hybridized carbons (Fsp3) is 0.320. The normalized spacial score (nSPS) is 10.7. The van der Waals surface area contributed by atoms with Gasteiger partial charge in [-0.05, 0) is 55.7 Å². The fourth-order valence-electron chi connectivity index (χ4n) is 2.80. The lowest BCUT2D eigenvalue weighted by atomic mass is 10.0. The first kappa shape index (κ1) is 24.2. The maximum absolute atomic E-state index is 11.6. The summed E-state index contributed by atoms with van der Waals surface area (Å²) >= 11 is 0. The minimum Gasteiger partial charge on any atom is -0.465 e. The summed E-state index contributed by atoms with van der Waals surface area (Å²) in [4.78, 5) is 11.6. The molecule has 31 heavy (non-hydrogen) atoms. The highest BCUT2D eigenvalue weighted by atomic mass is 16.7. The number of esters is 1. The largest absolute Gasteiger partial charge is 0.465 e. The second kappa shape index (κ2) is 12.6. The average molecular weight is 427 g/mol. The van der Waals surface area contributed by atoms with Crippen molar-refractivity contribution < 1.29 is 28.5 Å². The number of hydrogen-bond acceptors (Lipinski definition) is 6. The van der Waals surface area contributed by atoms with E-state index < -0.39 is 0 Å². The number of allylic oxidation sites excluding steroid dienone is 2. The monoisotopic (exact) mass is 426 g/mol. The predicted octanol–water partition coefficient (Wildman–Crippen LogP) is 5.12. The van der Waals surface area contributed by atoms with Crippen LogP contribution in [-0.2, 0) is 20.6 Å². The molecule has 0 aliphatic carbocycles. The van der Waals surface area contributed by atoms with Crippen LogP contribution < -0.4 is 9.47 Å². The number of carbonyl (C=O) groups is 1. The van der Waals surface area contributed by atoms with Crippen LogP contribution in [0.3, 0.4) is 0 Å². The van der Waals surface area contributed by atoms with Crippen LogP contribution in [0.25, 0.3) is 12.2 Å². The third-order valence-corrected chi connectivity index (χ3v) is 4.34. The van der Waals surface area contributed by atoms with Gasteiger partial charge in [-0.25, -0.2) is 4.79 Å². The van der Waals surface area contributed by atoms with Gasteiger partial charge in [0.15, 0.2) is 25.1 Å². The van der Waals surface area contributed by atoms with Crippen LogP contribution in [0.1, 0.15) is 40.9 Å². The molecule has 0 radical (unpaired) electrons. The van der Waals surface area contributed by atoms with Gasteiger partial charge >= 0.3 is 5.97 Å². The van der Waals surface area contributed by atoms with Crippen LogP contribution in [0.4, 0.5) is 0 Å². The van der Waals surface area contributed by atoms with Gasteiger partial charge in [-0.15, -0.1) is 0 Å². The molecule has 0 unspecified atom stereocenters. The highest BCUT2D eigenvalue weighted by molar-refractivity contribution is 5.89. The highest BCUT2D eigenvalue weighted by Gasteiger charge is 2.13. The first-order valence-electron chi connectivity index (χ1n) is 9.88. The molecule has 0 fully saturated rings. The Morgan fingerprint density at radius 1 is 0.871 bits per heavy atom. The Morgan fingerprint density at radius 2 is 1.52 bits per heavy atom. The van der Waals surface area contributed by atoms with Crippen LogP contribution in [0.5, 0.6) is 11.5 Å². The van der Waals surface area contributed by atoms with Gasteiger partial charge in [-0.1, -0.05) is 35.9 Å². The van der Waals surface area contributed by atoms with Gasteiger partial charge in [0.05, 0.1) is 12.7 Å².